The highest BCUT2D eigenvalue weighted by Gasteiger charge is 2.27. The van der Waals surface area contributed by atoms with Gasteiger partial charge in [0.05, 0.1) is 12.0 Å². The van der Waals surface area contributed by atoms with Crippen molar-refractivity contribution in [1.29, 1.82) is 0 Å². The minimum atomic E-state index is -0.487. The van der Waals surface area contributed by atoms with Gasteiger partial charge in [-0.3, -0.25) is 9.59 Å². The number of carbonyl (C=O) groups is 2. The average molecular weight is 415 g/mol. The Hall–Kier alpha value is -2.27. The van der Waals surface area contributed by atoms with Gasteiger partial charge in [-0.2, -0.15) is 0 Å². The third-order valence-electron chi connectivity index (χ3n) is 4.95. The van der Waals surface area contributed by atoms with Crippen molar-refractivity contribution in [3.63, 3.8) is 0 Å². The highest BCUT2D eigenvalue weighted by molar-refractivity contribution is 7.99. The van der Waals surface area contributed by atoms with Crippen LogP contribution in [0.1, 0.15) is 55.6 Å². The number of Topliss-reactive ketones (excluding diaryl/α,β-unsaturated/α-hetero) is 1. The van der Waals surface area contributed by atoms with E-state index in [-0.39, 0.29) is 18.4 Å². The van der Waals surface area contributed by atoms with E-state index in [0.29, 0.717) is 6.61 Å². The Bertz CT molecular complexity index is 840. The average Bonchev–Trinajstić information content (AvgIpc) is 2.70. The first-order valence-corrected chi connectivity index (χ1v) is 10.9. The van der Waals surface area contributed by atoms with Crippen molar-refractivity contribution in [2.24, 2.45) is 5.41 Å². The van der Waals surface area contributed by atoms with Crippen LogP contribution in [0.5, 0.6) is 5.75 Å². The number of benzene rings is 2. The van der Waals surface area contributed by atoms with E-state index in [1.807, 2.05) is 70.2 Å². The third kappa shape index (κ3) is 6.64. The normalized spacial score (nSPS) is 11.2. The van der Waals surface area contributed by atoms with Crippen molar-refractivity contribution in [1.82, 2.24) is 0 Å². The number of carbonyl (C=O) groups excluding carboxylic acids is 2. The number of ether oxygens (including phenoxy) is 2. The molecule has 5 heteroatoms. The van der Waals surface area contributed by atoms with Crippen molar-refractivity contribution in [3.05, 3.63) is 59.2 Å². The Morgan fingerprint density at radius 2 is 1.76 bits per heavy atom. The number of aryl methyl sites for hydroxylation is 1. The van der Waals surface area contributed by atoms with Gasteiger partial charge in [0.25, 0.3) is 0 Å². The van der Waals surface area contributed by atoms with Crippen LogP contribution >= 0.6 is 11.8 Å². The smallest absolute Gasteiger partial charge is 0.311 e. The van der Waals surface area contributed by atoms with Gasteiger partial charge in [-0.05, 0) is 51.8 Å². The molecule has 0 aliphatic rings. The molecule has 2 rings (SSSR count). The fourth-order valence-electron chi connectivity index (χ4n) is 2.61. The number of para-hydroxylation sites is 1. The first-order chi connectivity index (χ1) is 13.7. The van der Waals surface area contributed by atoms with E-state index in [0.717, 1.165) is 39.5 Å². The first-order valence-electron chi connectivity index (χ1n) is 9.87. The van der Waals surface area contributed by atoms with Crippen LogP contribution in [-0.2, 0) is 16.1 Å². The Kier molecular flexibility index (Phi) is 8.32. The van der Waals surface area contributed by atoms with Gasteiger partial charge < -0.3 is 9.47 Å². The lowest BCUT2D eigenvalue weighted by molar-refractivity contribution is -0.155. The molecule has 156 valence electrons. The minimum Gasteiger partial charge on any atom is -0.492 e. The van der Waals surface area contributed by atoms with Gasteiger partial charge in [-0.25, -0.2) is 0 Å². The molecular formula is C24H30O4S. The molecular weight excluding hydrogens is 384 g/mol. The zero-order valence-electron chi connectivity index (χ0n) is 17.9. The van der Waals surface area contributed by atoms with Crippen molar-refractivity contribution in [2.45, 2.75) is 52.5 Å². The molecule has 0 spiro atoms. The second-order valence-corrected chi connectivity index (χ2v) is 8.82. The van der Waals surface area contributed by atoms with Gasteiger partial charge in [0.1, 0.15) is 12.4 Å². The quantitative estimate of drug-likeness (QED) is 0.211. The molecule has 0 radical (unpaired) electrons. The van der Waals surface area contributed by atoms with Crippen LogP contribution in [-0.4, -0.2) is 24.1 Å². The highest BCUT2D eigenvalue weighted by Crippen LogP contribution is 2.27. The molecule has 4 nitrogen and oxygen atoms in total. The van der Waals surface area contributed by atoms with E-state index in [1.165, 1.54) is 0 Å². The number of esters is 1. The summed E-state index contributed by atoms with van der Waals surface area (Å²) in [7, 11) is 0. The summed E-state index contributed by atoms with van der Waals surface area (Å²) in [4.78, 5) is 24.7. The Morgan fingerprint density at radius 3 is 2.38 bits per heavy atom. The van der Waals surface area contributed by atoms with E-state index < -0.39 is 5.41 Å². The van der Waals surface area contributed by atoms with Crippen molar-refractivity contribution in [3.8, 4) is 5.75 Å². The molecule has 0 atom stereocenters. The van der Waals surface area contributed by atoms with E-state index in [1.54, 1.807) is 18.7 Å². The van der Waals surface area contributed by atoms with Crippen molar-refractivity contribution in [2.75, 3.05) is 12.4 Å². The summed E-state index contributed by atoms with van der Waals surface area (Å²) in [6.45, 7) is 10.1. The molecule has 0 fully saturated rings. The number of thioether (sulfide) groups is 1. The van der Waals surface area contributed by atoms with E-state index in [2.05, 4.69) is 0 Å². The fourth-order valence-corrected chi connectivity index (χ4v) is 3.34. The zero-order valence-corrected chi connectivity index (χ0v) is 18.7. The lowest BCUT2D eigenvalue weighted by Gasteiger charge is -2.21. The molecule has 0 N–H and O–H groups in total. The summed E-state index contributed by atoms with van der Waals surface area (Å²) in [5, 5.41) is 0. The number of hydrogen-bond acceptors (Lipinski definition) is 5. The molecule has 2 aromatic rings. The second kappa shape index (κ2) is 10.5. The van der Waals surface area contributed by atoms with Gasteiger partial charge in [0, 0.05) is 21.8 Å². The van der Waals surface area contributed by atoms with Crippen LogP contribution < -0.4 is 4.74 Å². The monoisotopic (exact) mass is 414 g/mol. The lowest BCUT2D eigenvalue weighted by Crippen LogP contribution is -2.25. The van der Waals surface area contributed by atoms with Crippen LogP contribution in [0.4, 0.5) is 0 Å². The standard InChI is InChI=1S/C24H30O4S/c1-6-24(4,5)23(26)28-16-20-9-7-8-17(2)22(20)27-14-15-29-21-12-10-19(11-13-21)18(3)25/h7-13H,6,14-16H2,1-5H3. The molecule has 0 aliphatic carbocycles. The molecule has 2 aromatic carbocycles. The second-order valence-electron chi connectivity index (χ2n) is 7.65. The van der Waals surface area contributed by atoms with Crippen LogP contribution in [0.15, 0.2) is 47.4 Å². The summed E-state index contributed by atoms with van der Waals surface area (Å²) in [6.07, 6.45) is 0.730. The molecule has 0 unspecified atom stereocenters. The van der Waals surface area contributed by atoms with Gasteiger partial charge in [-0.1, -0.05) is 37.3 Å². The van der Waals surface area contributed by atoms with Crippen molar-refractivity contribution < 1.29 is 19.1 Å². The summed E-state index contributed by atoms with van der Waals surface area (Å²) in [6, 6.07) is 13.5. The predicted octanol–water partition coefficient (Wildman–Crippen LogP) is 5.85. The number of hydrogen-bond donors (Lipinski definition) is 0. The molecule has 0 bridgehead atoms. The van der Waals surface area contributed by atoms with Gasteiger partial charge in [0.2, 0.25) is 0 Å². The molecule has 0 aliphatic heterocycles. The minimum absolute atomic E-state index is 0.0694. The maximum atomic E-state index is 12.3. The fraction of sp³-hybridized carbons (Fsp3) is 0.417. The molecule has 0 aromatic heterocycles. The van der Waals surface area contributed by atoms with Crippen LogP contribution in [0.2, 0.25) is 0 Å². The largest absolute Gasteiger partial charge is 0.492 e. The Morgan fingerprint density at radius 1 is 1.07 bits per heavy atom. The predicted molar refractivity (Wildman–Crippen MR) is 118 cm³/mol. The Labute approximate surface area is 178 Å². The highest BCUT2D eigenvalue weighted by atomic mass is 32.2. The third-order valence-corrected chi connectivity index (χ3v) is 5.92. The lowest BCUT2D eigenvalue weighted by atomic mass is 9.91. The number of ketones is 1. The summed E-state index contributed by atoms with van der Waals surface area (Å²) >= 11 is 1.67. The van der Waals surface area contributed by atoms with Gasteiger partial charge in [0.15, 0.2) is 5.78 Å². The first kappa shape index (κ1) is 23.0. The summed E-state index contributed by atoms with van der Waals surface area (Å²) < 4.78 is 11.6. The van der Waals surface area contributed by atoms with Crippen molar-refractivity contribution >= 4 is 23.5 Å². The van der Waals surface area contributed by atoms with Crippen LogP contribution in [0, 0.1) is 12.3 Å². The van der Waals surface area contributed by atoms with E-state index in [9.17, 15) is 9.59 Å². The number of rotatable bonds is 10. The van der Waals surface area contributed by atoms with E-state index >= 15 is 0 Å². The zero-order chi connectivity index (χ0) is 21.4. The maximum absolute atomic E-state index is 12.3. The summed E-state index contributed by atoms with van der Waals surface area (Å²) in [5.41, 5.74) is 2.13. The van der Waals surface area contributed by atoms with Gasteiger partial charge >= 0.3 is 5.97 Å². The SMILES string of the molecule is CCC(C)(C)C(=O)OCc1cccc(C)c1OCCSc1ccc(C(C)=O)cc1. The van der Waals surface area contributed by atoms with Crippen LogP contribution in [0.25, 0.3) is 0 Å². The maximum Gasteiger partial charge on any atom is 0.311 e. The Balaban J connectivity index is 1.91. The van der Waals surface area contributed by atoms with E-state index in [4.69, 9.17) is 9.47 Å². The molecule has 29 heavy (non-hydrogen) atoms. The summed E-state index contributed by atoms with van der Waals surface area (Å²) in [5.74, 6) is 1.43. The molecule has 0 amide bonds. The topological polar surface area (TPSA) is 52.6 Å². The van der Waals surface area contributed by atoms with Crippen LogP contribution in [0.3, 0.4) is 0 Å². The molecule has 0 saturated carbocycles. The molecule has 0 heterocycles. The van der Waals surface area contributed by atoms with Gasteiger partial charge in [-0.15, -0.1) is 11.8 Å². The molecule has 0 saturated heterocycles.